The number of oxazole rings is 1. The van der Waals surface area contributed by atoms with E-state index in [1.807, 2.05) is 24.3 Å². The third-order valence-corrected chi connectivity index (χ3v) is 6.95. The lowest BCUT2D eigenvalue weighted by atomic mass is 10.1. The molecule has 0 fully saturated rings. The van der Waals surface area contributed by atoms with E-state index in [2.05, 4.69) is 15.0 Å². The van der Waals surface area contributed by atoms with Crippen molar-refractivity contribution in [2.24, 2.45) is 0 Å². The molecule has 12 heteroatoms. The number of para-hydroxylation sites is 1. The first-order valence-corrected chi connectivity index (χ1v) is 11.9. The molecule has 1 atom stereocenters. The van der Waals surface area contributed by atoms with Gasteiger partial charge in [0, 0.05) is 25.2 Å². The van der Waals surface area contributed by atoms with Gasteiger partial charge in [-0.3, -0.25) is 4.79 Å². The van der Waals surface area contributed by atoms with Crippen molar-refractivity contribution < 1.29 is 22.4 Å². The molecule has 1 aliphatic rings. The Morgan fingerprint density at radius 1 is 1.29 bits per heavy atom. The summed E-state index contributed by atoms with van der Waals surface area (Å²) in [5.74, 6) is -1.79. The van der Waals surface area contributed by atoms with E-state index in [1.165, 1.54) is 22.6 Å². The highest BCUT2D eigenvalue weighted by atomic mass is 32.1. The van der Waals surface area contributed by atoms with Gasteiger partial charge in [-0.25, -0.2) is 15.0 Å². The summed E-state index contributed by atoms with van der Waals surface area (Å²) in [5, 5.41) is 0.579. The third kappa shape index (κ3) is 4.55. The summed E-state index contributed by atoms with van der Waals surface area (Å²) in [6, 6.07) is 6.78. The van der Waals surface area contributed by atoms with E-state index in [1.54, 1.807) is 19.0 Å². The van der Waals surface area contributed by atoms with Crippen LogP contribution in [0.25, 0.3) is 10.2 Å². The van der Waals surface area contributed by atoms with Crippen LogP contribution in [0, 0.1) is 0 Å². The Morgan fingerprint density at radius 3 is 2.83 bits per heavy atom. The summed E-state index contributed by atoms with van der Waals surface area (Å²) in [5.41, 5.74) is 0.870. The molecule has 4 aromatic rings. The molecule has 1 amide bonds. The van der Waals surface area contributed by atoms with E-state index in [0.717, 1.165) is 15.9 Å². The first kappa shape index (κ1) is 23.5. The van der Waals surface area contributed by atoms with Gasteiger partial charge in [-0.2, -0.15) is 13.2 Å². The van der Waals surface area contributed by atoms with Gasteiger partial charge in [0.2, 0.25) is 5.76 Å². The number of H-pyrrole nitrogens is 1. The van der Waals surface area contributed by atoms with Crippen molar-refractivity contribution in [3.8, 4) is 0 Å². The van der Waals surface area contributed by atoms with Crippen molar-refractivity contribution in [2.75, 3.05) is 27.2 Å². The fourth-order valence-electron chi connectivity index (χ4n) is 4.20. The number of carbonyl (C=O) groups excluding carboxylic acids is 1. The maximum Gasteiger partial charge on any atom is 0.437 e. The molecule has 0 saturated carbocycles. The number of fused-ring (bicyclic) bond motifs is 2. The highest BCUT2D eigenvalue weighted by Crippen LogP contribution is 2.39. The minimum Gasteiger partial charge on any atom is -0.435 e. The van der Waals surface area contributed by atoms with Gasteiger partial charge in [0.05, 0.1) is 22.2 Å². The maximum absolute atomic E-state index is 13.9. The van der Waals surface area contributed by atoms with Gasteiger partial charge in [-0.05, 0) is 39.1 Å². The number of aromatic amines is 1. The fraction of sp³-hybridized carbons (Fsp3) is 0.391. The third-order valence-electron chi connectivity index (χ3n) is 5.86. The van der Waals surface area contributed by atoms with Gasteiger partial charge in [0.25, 0.3) is 5.91 Å². The van der Waals surface area contributed by atoms with Crippen LogP contribution in [0.5, 0.6) is 0 Å². The number of rotatable bonds is 5. The molecule has 0 saturated heterocycles. The van der Waals surface area contributed by atoms with Gasteiger partial charge in [0.1, 0.15) is 11.0 Å². The van der Waals surface area contributed by atoms with E-state index in [0.29, 0.717) is 30.1 Å². The Balaban J connectivity index is 1.60. The normalized spacial score (nSPS) is 16.6. The van der Waals surface area contributed by atoms with Gasteiger partial charge in [-0.1, -0.05) is 12.1 Å². The number of nitrogens with zero attached hydrogens (tertiary/aromatic N) is 5. The predicted octanol–water partition coefficient (Wildman–Crippen LogP) is 4.31. The molecule has 1 aromatic carbocycles. The number of halogens is 3. The van der Waals surface area contributed by atoms with Crippen LogP contribution in [0.1, 0.15) is 51.0 Å². The van der Waals surface area contributed by atoms with Crippen LogP contribution in [0.2, 0.25) is 0 Å². The van der Waals surface area contributed by atoms with Crippen LogP contribution in [-0.4, -0.2) is 62.8 Å². The summed E-state index contributed by atoms with van der Waals surface area (Å²) in [6.07, 6.45) is -2.00. The Labute approximate surface area is 202 Å². The molecule has 0 bridgehead atoms. The lowest BCUT2D eigenvalue weighted by molar-refractivity contribution is -0.141. The van der Waals surface area contributed by atoms with Crippen LogP contribution < -0.4 is 0 Å². The maximum atomic E-state index is 13.9. The van der Waals surface area contributed by atoms with E-state index < -0.39 is 29.6 Å². The second-order valence-corrected chi connectivity index (χ2v) is 9.69. The number of hydrogen-bond acceptors (Lipinski definition) is 7. The van der Waals surface area contributed by atoms with Crippen molar-refractivity contribution in [3.63, 3.8) is 0 Å². The van der Waals surface area contributed by atoms with E-state index >= 15 is 0 Å². The Kier molecular flexibility index (Phi) is 6.09. The number of hydrogen-bond donors (Lipinski definition) is 1. The van der Waals surface area contributed by atoms with E-state index in [9.17, 15) is 18.0 Å². The second-order valence-electron chi connectivity index (χ2n) is 8.63. The molecule has 1 unspecified atom stereocenters. The number of aryl methyl sites for hydroxylation is 1. The molecular weight excluding hydrogens is 481 g/mol. The topological polar surface area (TPSA) is 91.2 Å². The molecule has 5 rings (SSSR count). The SMILES string of the molecule is CN(C)CCc1nc(C(F)(F)F)c(C(=O)N2CCCc3[nH]cnc3C2c2nc3ccccc3s2)o1. The second kappa shape index (κ2) is 9.08. The lowest BCUT2D eigenvalue weighted by Crippen LogP contribution is -2.36. The van der Waals surface area contributed by atoms with Crippen molar-refractivity contribution in [3.05, 3.63) is 64.3 Å². The monoisotopic (exact) mass is 504 g/mol. The fourth-order valence-corrected chi connectivity index (χ4v) is 5.29. The molecule has 35 heavy (non-hydrogen) atoms. The number of aromatic nitrogens is 4. The molecule has 4 heterocycles. The van der Waals surface area contributed by atoms with E-state index in [4.69, 9.17) is 9.40 Å². The Hall–Kier alpha value is -3.25. The predicted molar refractivity (Wildman–Crippen MR) is 123 cm³/mol. The highest BCUT2D eigenvalue weighted by molar-refractivity contribution is 7.18. The first-order chi connectivity index (χ1) is 16.7. The van der Waals surface area contributed by atoms with Gasteiger partial charge < -0.3 is 19.2 Å². The average Bonchev–Trinajstić information content (AvgIpc) is 3.52. The van der Waals surface area contributed by atoms with Crippen LogP contribution in [-0.2, 0) is 19.0 Å². The molecule has 8 nitrogen and oxygen atoms in total. The minimum atomic E-state index is -4.83. The van der Waals surface area contributed by atoms with Crippen molar-refractivity contribution in [2.45, 2.75) is 31.5 Å². The molecule has 1 N–H and O–H groups in total. The smallest absolute Gasteiger partial charge is 0.435 e. The van der Waals surface area contributed by atoms with Crippen LogP contribution in [0.4, 0.5) is 13.2 Å². The number of alkyl halides is 3. The quantitative estimate of drug-likeness (QED) is 0.436. The summed E-state index contributed by atoms with van der Waals surface area (Å²) < 4.78 is 48.0. The van der Waals surface area contributed by atoms with Crippen molar-refractivity contribution in [1.29, 1.82) is 0 Å². The van der Waals surface area contributed by atoms with E-state index in [-0.39, 0.29) is 18.9 Å². The van der Waals surface area contributed by atoms with Gasteiger partial charge in [0.15, 0.2) is 11.6 Å². The lowest BCUT2D eigenvalue weighted by Gasteiger charge is -2.27. The summed E-state index contributed by atoms with van der Waals surface area (Å²) in [4.78, 5) is 32.8. The Bertz CT molecular complexity index is 1330. The van der Waals surface area contributed by atoms with Gasteiger partial charge >= 0.3 is 6.18 Å². The average molecular weight is 505 g/mol. The van der Waals surface area contributed by atoms with Gasteiger partial charge in [-0.15, -0.1) is 11.3 Å². The van der Waals surface area contributed by atoms with Crippen LogP contribution in [0.15, 0.2) is 35.0 Å². The van der Waals surface area contributed by atoms with Crippen molar-refractivity contribution >= 4 is 27.5 Å². The number of benzene rings is 1. The number of imidazole rings is 1. The van der Waals surface area contributed by atoms with Crippen LogP contribution >= 0.6 is 11.3 Å². The highest BCUT2D eigenvalue weighted by Gasteiger charge is 2.44. The molecule has 0 radical (unpaired) electrons. The molecule has 1 aliphatic heterocycles. The molecule has 0 spiro atoms. The first-order valence-electron chi connectivity index (χ1n) is 11.1. The zero-order valence-electron chi connectivity index (χ0n) is 19.1. The Morgan fingerprint density at radius 2 is 2.09 bits per heavy atom. The molecule has 3 aromatic heterocycles. The van der Waals surface area contributed by atoms with Crippen molar-refractivity contribution in [1.82, 2.24) is 29.7 Å². The number of likely N-dealkylation sites (N-methyl/N-ethyl adjacent to an activating group) is 1. The molecule has 0 aliphatic carbocycles. The minimum absolute atomic E-state index is 0.124. The summed E-state index contributed by atoms with van der Waals surface area (Å²) in [7, 11) is 3.59. The summed E-state index contributed by atoms with van der Waals surface area (Å²) in [6.45, 7) is 0.648. The summed E-state index contributed by atoms with van der Waals surface area (Å²) >= 11 is 1.39. The number of amides is 1. The number of nitrogens with one attached hydrogen (secondary N) is 1. The standard InChI is InChI=1S/C23H23F3N6O2S/c1-31(2)11-9-16-30-20(23(24,25)26)19(34-16)22(33)32-10-5-7-14-17(28-12-27-14)18(32)21-29-13-6-3-4-8-15(13)35-21/h3-4,6,8,12,18H,5,7,9-11H2,1-2H3,(H,27,28). The number of thiazole rings is 1. The largest absolute Gasteiger partial charge is 0.437 e. The zero-order valence-corrected chi connectivity index (χ0v) is 19.9. The zero-order chi connectivity index (χ0) is 24.7. The molecular formula is C23H23F3N6O2S. The molecule has 184 valence electrons. The number of carbonyl (C=O) groups is 1. The van der Waals surface area contributed by atoms with Crippen LogP contribution in [0.3, 0.4) is 0 Å².